The Balaban J connectivity index is 1.51. The van der Waals surface area contributed by atoms with Gasteiger partial charge in [0.05, 0.1) is 24.5 Å². The van der Waals surface area contributed by atoms with Crippen molar-refractivity contribution in [2.24, 2.45) is 0 Å². The molecule has 43 heavy (non-hydrogen) atoms. The third-order valence-electron chi connectivity index (χ3n) is 6.14. The minimum atomic E-state index is -0.654. The van der Waals surface area contributed by atoms with Crippen molar-refractivity contribution in [1.29, 1.82) is 5.41 Å². The molecule has 0 atom stereocenters. The van der Waals surface area contributed by atoms with Crippen LogP contribution in [-0.2, 0) is 14.2 Å². The number of allylic oxidation sites excluding steroid dienone is 1. The summed E-state index contributed by atoms with van der Waals surface area (Å²) in [6.45, 7) is 7.88. The number of esters is 1. The molecule has 14 heteroatoms. The van der Waals surface area contributed by atoms with Crippen molar-refractivity contribution in [2.45, 2.75) is 51.7 Å². The van der Waals surface area contributed by atoms with Gasteiger partial charge in [0.1, 0.15) is 11.3 Å². The molecule has 1 aliphatic rings. The van der Waals surface area contributed by atoms with Gasteiger partial charge in [0, 0.05) is 56.2 Å². The number of nitrogens with one attached hydrogen (secondary N) is 4. The fourth-order valence-electron chi connectivity index (χ4n) is 4.07. The molecule has 1 fully saturated rings. The number of nitrogens with zero attached hydrogens (tertiary/aromatic N) is 3. The largest absolute Gasteiger partial charge is 0.464 e. The molecular weight excluding hydrogens is 574 g/mol. The van der Waals surface area contributed by atoms with Crippen LogP contribution >= 0.6 is 11.8 Å². The molecule has 0 spiro atoms. The van der Waals surface area contributed by atoms with Gasteiger partial charge in [-0.2, -0.15) is 16.9 Å². The topological polar surface area (TPSA) is 170 Å². The first-order valence-electron chi connectivity index (χ1n) is 14.1. The minimum absolute atomic E-state index is 0.0141. The Labute approximate surface area is 256 Å². The number of hydrogen-bond acceptors (Lipinski definition) is 11. The van der Waals surface area contributed by atoms with Gasteiger partial charge in [-0.3, -0.25) is 9.48 Å². The van der Waals surface area contributed by atoms with Gasteiger partial charge in [-0.15, -0.1) is 0 Å². The average Bonchev–Trinajstić information content (AvgIpc) is 3.41. The molecule has 2 amide bonds. The van der Waals surface area contributed by atoms with Crippen LogP contribution in [0.4, 0.5) is 10.5 Å². The summed E-state index contributed by atoms with van der Waals surface area (Å²) in [6, 6.07) is 5.01. The van der Waals surface area contributed by atoms with Crippen LogP contribution < -0.4 is 16.0 Å². The van der Waals surface area contributed by atoms with Crippen LogP contribution in [0, 0.1) is 5.41 Å². The van der Waals surface area contributed by atoms with E-state index >= 15 is 0 Å². The maximum absolute atomic E-state index is 13.1. The Morgan fingerprint density at radius 1 is 1.16 bits per heavy atom. The minimum Gasteiger partial charge on any atom is -0.464 e. The second-order valence-corrected chi connectivity index (χ2v) is 11.9. The van der Waals surface area contributed by atoms with Crippen LogP contribution in [0.25, 0.3) is 5.57 Å². The van der Waals surface area contributed by atoms with Gasteiger partial charge in [0.2, 0.25) is 0 Å². The van der Waals surface area contributed by atoms with Crippen LogP contribution in [0.1, 0.15) is 72.7 Å². The number of carbonyl (C=O) groups excluding carboxylic acids is 3. The zero-order valence-corrected chi connectivity index (χ0v) is 25.9. The Hall–Kier alpha value is -3.91. The Kier molecular flexibility index (Phi) is 13.0. The first-order chi connectivity index (χ1) is 20.6. The molecule has 0 unspecified atom stereocenters. The van der Waals surface area contributed by atoms with Gasteiger partial charge in [-0.05, 0) is 57.9 Å². The number of aromatic nitrogens is 3. The molecular formula is C29H41N7O6S. The zero-order valence-electron chi connectivity index (χ0n) is 25.1. The van der Waals surface area contributed by atoms with Crippen LogP contribution in [-0.4, -0.2) is 89.5 Å². The third-order valence-corrected chi connectivity index (χ3v) is 7.21. The number of methoxy groups -OCH3 is 1. The molecule has 2 aromatic rings. The fraction of sp³-hybridized carbons (Fsp3) is 0.517. The number of pyridine rings is 1. The molecule has 234 valence electrons. The van der Waals surface area contributed by atoms with E-state index in [1.165, 1.54) is 13.3 Å². The number of thioether (sulfide) groups is 1. The van der Waals surface area contributed by atoms with Gasteiger partial charge in [-0.1, -0.05) is 6.07 Å². The molecule has 3 rings (SSSR count). The van der Waals surface area contributed by atoms with Crippen molar-refractivity contribution in [1.82, 2.24) is 25.4 Å². The molecule has 13 nitrogen and oxygen atoms in total. The lowest BCUT2D eigenvalue weighted by Gasteiger charge is -2.22. The molecule has 0 bridgehead atoms. The van der Waals surface area contributed by atoms with E-state index in [-0.39, 0.29) is 23.1 Å². The summed E-state index contributed by atoms with van der Waals surface area (Å²) in [5.74, 6) is 0.494. The normalized spacial score (nSPS) is 14.1. The van der Waals surface area contributed by atoms with E-state index in [2.05, 4.69) is 26.0 Å². The lowest BCUT2D eigenvalue weighted by atomic mass is 10.1. The van der Waals surface area contributed by atoms with E-state index in [1.54, 1.807) is 47.0 Å². The summed E-state index contributed by atoms with van der Waals surface area (Å²) in [5, 5.41) is 20.9. The van der Waals surface area contributed by atoms with Crippen molar-refractivity contribution in [3.8, 4) is 0 Å². The second kappa shape index (κ2) is 16.7. The van der Waals surface area contributed by atoms with Crippen LogP contribution in [0.2, 0.25) is 0 Å². The van der Waals surface area contributed by atoms with E-state index in [1.807, 2.05) is 20.8 Å². The van der Waals surface area contributed by atoms with Crippen molar-refractivity contribution in [3.05, 3.63) is 47.7 Å². The van der Waals surface area contributed by atoms with Crippen molar-refractivity contribution in [2.75, 3.05) is 50.2 Å². The Morgan fingerprint density at radius 2 is 1.91 bits per heavy atom. The fourth-order valence-corrected chi connectivity index (χ4v) is 4.86. The number of amides is 2. The smallest absolute Gasteiger partial charge is 0.407 e. The van der Waals surface area contributed by atoms with Gasteiger partial charge in [0.15, 0.2) is 5.69 Å². The SMILES string of the molecule is COC(=O)c1nn(C2CCOCC2)cc1NC(=O)c1cccc(/C(C=N)=C/NCCCSCCNC(=O)OC(C)(C)C)n1. The van der Waals surface area contributed by atoms with Gasteiger partial charge >= 0.3 is 12.1 Å². The number of carbonyl (C=O) groups is 3. The summed E-state index contributed by atoms with van der Waals surface area (Å²) in [5.41, 5.74) is 0.811. The maximum atomic E-state index is 13.1. The summed E-state index contributed by atoms with van der Waals surface area (Å²) < 4.78 is 17.2. The Bertz CT molecular complexity index is 1280. The van der Waals surface area contributed by atoms with Crippen LogP contribution in [0.3, 0.4) is 0 Å². The van der Waals surface area contributed by atoms with Crippen LogP contribution in [0.5, 0.6) is 0 Å². The number of anilines is 1. The third kappa shape index (κ3) is 11.0. The lowest BCUT2D eigenvalue weighted by molar-refractivity contribution is 0.0529. The van der Waals surface area contributed by atoms with E-state index in [0.29, 0.717) is 37.6 Å². The van der Waals surface area contributed by atoms with Crippen LogP contribution in [0.15, 0.2) is 30.6 Å². The maximum Gasteiger partial charge on any atom is 0.407 e. The first kappa shape index (κ1) is 33.6. The van der Waals surface area contributed by atoms with Crippen molar-refractivity contribution < 1.29 is 28.6 Å². The quantitative estimate of drug-likeness (QED) is 0.139. The van der Waals surface area contributed by atoms with E-state index in [9.17, 15) is 14.4 Å². The van der Waals surface area contributed by atoms with E-state index in [0.717, 1.165) is 30.8 Å². The van der Waals surface area contributed by atoms with Crippen molar-refractivity contribution >= 4 is 47.2 Å². The second-order valence-electron chi connectivity index (χ2n) is 10.7. The van der Waals surface area contributed by atoms with E-state index in [4.69, 9.17) is 19.6 Å². The number of rotatable bonds is 14. The molecule has 3 heterocycles. The van der Waals surface area contributed by atoms with Gasteiger partial charge in [-0.25, -0.2) is 14.6 Å². The average molecular weight is 616 g/mol. The highest BCUT2D eigenvalue weighted by Gasteiger charge is 2.24. The zero-order chi connectivity index (χ0) is 31.2. The highest BCUT2D eigenvalue weighted by Crippen LogP contribution is 2.25. The molecule has 0 aromatic carbocycles. The molecule has 0 aliphatic carbocycles. The highest BCUT2D eigenvalue weighted by atomic mass is 32.2. The molecule has 4 N–H and O–H groups in total. The monoisotopic (exact) mass is 615 g/mol. The summed E-state index contributed by atoms with van der Waals surface area (Å²) >= 11 is 1.72. The predicted octanol–water partition coefficient (Wildman–Crippen LogP) is 3.90. The Morgan fingerprint density at radius 3 is 2.60 bits per heavy atom. The summed E-state index contributed by atoms with van der Waals surface area (Å²) in [6.07, 6.45) is 6.45. The summed E-state index contributed by atoms with van der Waals surface area (Å²) in [4.78, 5) is 41.6. The lowest BCUT2D eigenvalue weighted by Crippen LogP contribution is -2.33. The van der Waals surface area contributed by atoms with E-state index < -0.39 is 23.6 Å². The standard InChI is InChI=1S/C29H41N7O6S/c1-29(2,3)42-28(39)32-12-16-43-15-6-11-31-18-20(17-30)22-7-5-8-23(33-22)26(37)34-24-19-36(21-9-13-41-14-10-21)35-25(24)27(38)40-4/h5,7-8,17-19,21,30-31H,6,9-16H2,1-4H3,(H,32,39)(H,34,37)/b20-18+,30-17?. The molecule has 0 radical (unpaired) electrons. The highest BCUT2D eigenvalue weighted by molar-refractivity contribution is 7.99. The number of hydrogen-bond donors (Lipinski definition) is 4. The number of ether oxygens (including phenoxy) is 3. The predicted molar refractivity (Wildman–Crippen MR) is 166 cm³/mol. The molecule has 1 saturated heterocycles. The summed E-state index contributed by atoms with van der Waals surface area (Å²) in [7, 11) is 1.26. The first-order valence-corrected chi connectivity index (χ1v) is 15.3. The van der Waals surface area contributed by atoms with Crippen molar-refractivity contribution in [3.63, 3.8) is 0 Å². The molecule has 0 saturated carbocycles. The molecule has 2 aromatic heterocycles. The number of alkyl carbamates (subject to hydrolysis) is 1. The van der Waals surface area contributed by atoms with Gasteiger partial charge in [0.25, 0.3) is 5.91 Å². The molecule has 1 aliphatic heterocycles. The van der Waals surface area contributed by atoms with Gasteiger partial charge < -0.3 is 35.6 Å².